The number of carboxylic acid groups (broad SMARTS) is 4. The molecule has 5 aliphatic rings. The van der Waals surface area contributed by atoms with Crippen LogP contribution in [0.3, 0.4) is 0 Å². The summed E-state index contributed by atoms with van der Waals surface area (Å²) in [5.41, 5.74) is 6.56. The molecule has 4 heterocycles. The SMILES string of the molecule is CC(C)(C)OC(=O)CC[C@H](CC(=O)[C@@H]1C=CCN1C(=O)CNC(=O)OC(C)(C)C)C(=O)OC(C)(C)C.CC(C)(C)OC(=O)CC[C@H](N)C(=O)OC(C)(C)C.CC(C)(C)OC(=O)NCC(=O)N1CC=C[C@H]1C(=O)O.CC(C)(C)OOC=NCC(=O)ON1C(=O)CCC1=O.Cl.NCC(=O)C1CC=C[C@H]1C(=O)C[C@@H](CCC(=O)O)C(=O)O.O=C(O)[C@@H]1C=CCN1. The van der Waals surface area contributed by atoms with Crippen LogP contribution in [0, 0.1) is 23.7 Å². The van der Waals surface area contributed by atoms with E-state index in [1.165, 1.54) is 15.9 Å². The van der Waals surface area contributed by atoms with Crippen molar-refractivity contribution in [3.05, 3.63) is 48.6 Å². The number of nitrogens with one attached hydrogen (secondary N) is 3. The topological polar surface area (TPSA) is 581 Å². The molecule has 5 rings (SSSR count). The van der Waals surface area contributed by atoms with Gasteiger partial charge in [0.25, 0.3) is 11.8 Å². The van der Waals surface area contributed by atoms with E-state index in [0.29, 0.717) is 18.0 Å². The van der Waals surface area contributed by atoms with Crippen LogP contribution in [0.25, 0.3) is 0 Å². The van der Waals surface area contributed by atoms with Gasteiger partial charge in [0, 0.05) is 76.4 Å². The molecular formula is C81H128ClN9O31. The normalized spacial score (nSPS) is 17.9. The fourth-order valence-corrected chi connectivity index (χ4v) is 10.3. The zero-order chi connectivity index (χ0) is 93.5. The second-order valence-electron chi connectivity index (χ2n) is 34.7. The third-order valence-electron chi connectivity index (χ3n) is 15.3. The second kappa shape index (κ2) is 52.7. The highest BCUT2D eigenvalue weighted by atomic mass is 35.5. The summed E-state index contributed by atoms with van der Waals surface area (Å²) in [6, 6.07) is -3.09. The molecule has 0 spiro atoms. The summed E-state index contributed by atoms with van der Waals surface area (Å²) in [7, 11) is 0. The first-order chi connectivity index (χ1) is 55.3. The number of carbonyl (C=O) groups excluding carboxylic acids is 14. The van der Waals surface area contributed by atoms with Crippen LogP contribution in [-0.2, 0) is 120 Å². The molecule has 1 saturated heterocycles. The minimum atomic E-state index is -1.20. The van der Waals surface area contributed by atoms with Gasteiger partial charge in [-0.1, -0.05) is 48.6 Å². The minimum absolute atomic E-state index is 0. The lowest BCUT2D eigenvalue weighted by atomic mass is 9.83. The quantitative estimate of drug-likeness (QED) is 0.00555. The smallest absolute Gasteiger partial charge is 0.408 e. The summed E-state index contributed by atoms with van der Waals surface area (Å²) in [5, 5.41) is 42.7. The predicted molar refractivity (Wildman–Crippen MR) is 439 cm³/mol. The van der Waals surface area contributed by atoms with Gasteiger partial charge in [-0.25, -0.2) is 24.2 Å². The predicted octanol–water partition coefficient (Wildman–Crippen LogP) is 6.08. The lowest BCUT2D eigenvalue weighted by molar-refractivity contribution is -0.283. The lowest BCUT2D eigenvalue weighted by Crippen LogP contribution is -2.47. The Morgan fingerprint density at radius 1 is 0.516 bits per heavy atom. The Kier molecular flexibility index (Phi) is 49.0. The Morgan fingerprint density at radius 3 is 1.37 bits per heavy atom. The standard InChI is InChI=1S/C26H42N2O8.C14H19NO6.C13H25NO4.C12H18N2O5.C11H16N2O6.C5H7NO2.ClH/c1-24(2,3)34-21(31)13-12-17(22(32)35-25(4,5)6)15-19(29)18-11-10-14-28(18)20(30)16-27-23(33)36-26(7,8)9;15-7-12(17)10-3-1-2-9(10)11(16)6-8(14(20)21)4-5-13(18)19;1-12(2,3)17-10(15)8-7-9(14)11(16)18-13(4,5)6;1-12(2,3)19-11(18)13-7-9(15)14-6-4-5-8(14)10(16)17;1-11(2,3)19-17-7-12-6-10(16)18-13-8(14)4-5-9(13)15;7-5(8)4-2-1-3-6-4;/h10-11,17-18H,12-16H2,1-9H3,(H,27,33);1-2,8-10H,3-7,15H2,(H,18,19)(H,20,21);9H,7-8,14H2,1-6H3;4-5,8H,6-7H2,1-3H3,(H,13,18)(H,16,17);7H,4-6H2,1-3H3;1-2,4,6H,3H2,(H,7,8);1H/t17-,18+;8-,9-,10?;9-;8-;;4-;/m1100.0./s1. The van der Waals surface area contributed by atoms with Gasteiger partial charge in [-0.15, -0.1) is 17.5 Å². The summed E-state index contributed by atoms with van der Waals surface area (Å²) in [4.78, 5) is 229. The van der Waals surface area contributed by atoms with Gasteiger partial charge in [0.15, 0.2) is 11.6 Å². The number of esters is 4. The van der Waals surface area contributed by atoms with E-state index in [9.17, 15) is 86.3 Å². The number of alkyl carbamates (subject to hydrolysis) is 2. The number of amides is 6. The van der Waals surface area contributed by atoms with Gasteiger partial charge in [-0.2, -0.15) is 4.89 Å². The highest BCUT2D eigenvalue weighted by Crippen LogP contribution is 2.30. The Balaban J connectivity index is 0. The molecule has 8 atom stereocenters. The van der Waals surface area contributed by atoms with Crippen LogP contribution in [0.15, 0.2) is 53.6 Å². The summed E-state index contributed by atoms with van der Waals surface area (Å²) < 4.78 is 31.1. The van der Waals surface area contributed by atoms with E-state index in [-0.39, 0.29) is 139 Å². The van der Waals surface area contributed by atoms with E-state index in [1.54, 1.807) is 188 Å². The van der Waals surface area contributed by atoms with Crippen LogP contribution in [0.4, 0.5) is 9.59 Å². The molecule has 690 valence electrons. The van der Waals surface area contributed by atoms with Crippen molar-refractivity contribution < 1.29 is 150 Å². The first-order valence-electron chi connectivity index (χ1n) is 39.0. The van der Waals surface area contributed by atoms with Gasteiger partial charge in [0.05, 0.1) is 18.4 Å². The van der Waals surface area contributed by atoms with Gasteiger partial charge < -0.3 is 90.5 Å². The molecular weight excluding hydrogens is 1630 g/mol. The molecule has 1 unspecified atom stereocenters. The largest absolute Gasteiger partial charge is 0.481 e. The average Bonchev–Trinajstić information content (AvgIpc) is 1.66. The molecule has 0 bridgehead atoms. The van der Waals surface area contributed by atoms with E-state index in [0.717, 1.165) is 6.40 Å². The fourth-order valence-electron chi connectivity index (χ4n) is 10.3. The van der Waals surface area contributed by atoms with E-state index in [4.69, 9.17) is 65.2 Å². The van der Waals surface area contributed by atoms with Crippen molar-refractivity contribution in [2.75, 3.05) is 45.8 Å². The number of hydroxylamine groups is 2. The number of ether oxygens (including phenoxy) is 6. The molecule has 0 radical (unpaired) electrons. The van der Waals surface area contributed by atoms with Crippen molar-refractivity contribution in [3.63, 3.8) is 0 Å². The molecule has 6 amide bonds. The number of nitrogens with two attached hydrogens (primary N) is 2. The Labute approximate surface area is 717 Å². The first kappa shape index (κ1) is 113. The summed E-state index contributed by atoms with van der Waals surface area (Å²) in [6.07, 6.45) is 12.6. The van der Waals surface area contributed by atoms with Crippen LogP contribution >= 0.6 is 12.4 Å². The van der Waals surface area contributed by atoms with Gasteiger partial charge >= 0.3 is 65.9 Å². The van der Waals surface area contributed by atoms with Crippen LogP contribution < -0.4 is 27.4 Å². The Morgan fingerprint density at radius 2 is 0.959 bits per heavy atom. The first-order valence-corrected chi connectivity index (χ1v) is 39.0. The summed E-state index contributed by atoms with van der Waals surface area (Å²) >= 11 is 0. The number of halogens is 1. The third-order valence-corrected chi connectivity index (χ3v) is 15.3. The van der Waals surface area contributed by atoms with Crippen molar-refractivity contribution in [1.29, 1.82) is 0 Å². The van der Waals surface area contributed by atoms with Crippen molar-refractivity contribution in [3.8, 4) is 0 Å². The highest BCUT2D eigenvalue weighted by molar-refractivity contribution is 6.02. The highest BCUT2D eigenvalue weighted by Gasteiger charge is 2.39. The lowest BCUT2D eigenvalue weighted by Gasteiger charge is -2.27. The molecule has 1 aliphatic carbocycles. The molecule has 4 aliphatic heterocycles. The zero-order valence-electron chi connectivity index (χ0n) is 73.7. The Hall–Kier alpha value is -10.6. The molecule has 0 aromatic carbocycles. The van der Waals surface area contributed by atoms with Crippen LogP contribution in [-0.4, -0.2) is 258 Å². The van der Waals surface area contributed by atoms with E-state index in [2.05, 4.69) is 30.7 Å². The summed E-state index contributed by atoms with van der Waals surface area (Å²) in [6.45, 7) is 36.6. The number of aliphatic carboxylic acids is 4. The van der Waals surface area contributed by atoms with Crippen molar-refractivity contribution in [2.24, 2.45) is 40.1 Å². The zero-order valence-corrected chi connectivity index (χ0v) is 74.5. The number of hydrogen-bond donors (Lipinski definition) is 9. The van der Waals surface area contributed by atoms with Crippen molar-refractivity contribution in [1.82, 2.24) is 30.8 Å². The number of rotatable bonds is 31. The number of allylic oxidation sites excluding steroid dienone is 2. The van der Waals surface area contributed by atoms with Gasteiger partial charge in [0.2, 0.25) is 18.2 Å². The van der Waals surface area contributed by atoms with Crippen LogP contribution in [0.2, 0.25) is 0 Å². The number of carbonyl (C=O) groups is 18. The molecule has 40 nitrogen and oxygen atoms in total. The minimum Gasteiger partial charge on any atom is -0.481 e. The van der Waals surface area contributed by atoms with Gasteiger partial charge in [0.1, 0.15) is 88.8 Å². The third kappa shape index (κ3) is 51.9. The number of aliphatic imine (C=N–C) groups is 1. The van der Waals surface area contributed by atoms with Crippen LogP contribution in [0.5, 0.6) is 0 Å². The number of ketones is 3. The van der Waals surface area contributed by atoms with Crippen LogP contribution in [0.1, 0.15) is 216 Å². The van der Waals surface area contributed by atoms with E-state index < -0.39 is 171 Å². The fraction of sp³-hybridized carbons (Fsp3) is 0.667. The van der Waals surface area contributed by atoms with E-state index in [1.807, 2.05) is 0 Å². The van der Waals surface area contributed by atoms with Crippen molar-refractivity contribution in [2.45, 2.75) is 279 Å². The molecule has 11 N–H and O–H groups in total. The number of nitrogens with zero attached hydrogens (tertiary/aromatic N) is 4. The number of Topliss-reactive ketones (excluding diaryl/α,β-unsaturated/α-hetero) is 3. The number of carboxylic acids is 4. The number of hydrogen-bond acceptors (Lipinski definition) is 31. The second-order valence-corrected chi connectivity index (χ2v) is 34.7. The van der Waals surface area contributed by atoms with Gasteiger partial charge in [-0.05, 0) is 171 Å². The number of imide groups is 1. The van der Waals surface area contributed by atoms with Crippen molar-refractivity contribution >= 4 is 126 Å². The average molecular weight is 1760 g/mol. The van der Waals surface area contributed by atoms with E-state index >= 15 is 0 Å². The maximum atomic E-state index is 13.2. The maximum absolute atomic E-state index is 13.2. The Bertz CT molecular complexity index is 3730. The molecule has 0 aromatic heterocycles. The molecule has 0 aromatic rings. The maximum Gasteiger partial charge on any atom is 0.408 e. The molecule has 0 saturated carbocycles. The molecule has 1 fully saturated rings. The summed E-state index contributed by atoms with van der Waals surface area (Å²) in [5.74, 6) is -13.0. The van der Waals surface area contributed by atoms with Gasteiger partial charge in [-0.3, -0.25) is 72.4 Å². The molecule has 122 heavy (non-hydrogen) atoms. The molecule has 41 heteroatoms. The monoisotopic (exact) mass is 1760 g/mol.